The van der Waals surface area contributed by atoms with Crippen LogP contribution < -0.4 is 0 Å². The molecule has 0 aliphatic heterocycles. The minimum absolute atomic E-state index is 0.138. The average Bonchev–Trinajstić information content (AvgIpc) is 2.36. The van der Waals surface area contributed by atoms with Gasteiger partial charge in [0.1, 0.15) is 11.2 Å². The molecule has 0 fully saturated rings. The predicted octanol–water partition coefficient (Wildman–Crippen LogP) is 2.95. The SMILES string of the molecule is C[C@@H](N=C=O)c1ccc(C(=O)OC(C)(C)C)c([N+](=O)[O-])c1. The molecule has 0 saturated carbocycles. The van der Waals surface area contributed by atoms with Crippen LogP contribution in [0.3, 0.4) is 0 Å². The number of isocyanates is 1. The Morgan fingerprint density at radius 2 is 2.05 bits per heavy atom. The number of nitro groups is 1. The van der Waals surface area contributed by atoms with Gasteiger partial charge in [0.25, 0.3) is 5.69 Å². The number of hydrogen-bond donors (Lipinski definition) is 0. The second kappa shape index (κ2) is 6.28. The average molecular weight is 292 g/mol. The van der Waals surface area contributed by atoms with Gasteiger partial charge >= 0.3 is 5.97 Å². The first kappa shape index (κ1) is 16.5. The van der Waals surface area contributed by atoms with E-state index in [0.717, 1.165) is 0 Å². The Kier molecular flexibility index (Phi) is 4.94. The van der Waals surface area contributed by atoms with Crippen molar-refractivity contribution in [3.63, 3.8) is 0 Å². The van der Waals surface area contributed by atoms with E-state index in [1.54, 1.807) is 27.7 Å². The van der Waals surface area contributed by atoms with E-state index in [4.69, 9.17) is 4.74 Å². The molecular weight excluding hydrogens is 276 g/mol. The lowest BCUT2D eigenvalue weighted by Gasteiger charge is -2.19. The Bertz CT molecular complexity index is 612. The van der Waals surface area contributed by atoms with Crippen LogP contribution in [-0.2, 0) is 9.53 Å². The summed E-state index contributed by atoms with van der Waals surface area (Å²) < 4.78 is 5.13. The van der Waals surface area contributed by atoms with Crippen molar-refractivity contribution in [1.82, 2.24) is 0 Å². The summed E-state index contributed by atoms with van der Waals surface area (Å²) in [4.78, 5) is 36.2. The Morgan fingerprint density at radius 3 is 2.52 bits per heavy atom. The first-order valence-corrected chi connectivity index (χ1v) is 6.24. The Hall–Kier alpha value is -2.53. The van der Waals surface area contributed by atoms with Crippen LogP contribution >= 0.6 is 0 Å². The standard InChI is InChI=1S/C14H16N2O5/c1-9(15-8-17)10-5-6-11(12(7-10)16(19)20)13(18)21-14(2,3)4/h5-7,9H,1-4H3/t9-/m1/s1. The van der Waals surface area contributed by atoms with E-state index in [1.165, 1.54) is 24.3 Å². The number of carbonyl (C=O) groups excluding carboxylic acids is 2. The zero-order chi connectivity index (χ0) is 16.2. The molecular formula is C14H16N2O5. The molecule has 0 bridgehead atoms. The molecule has 7 nitrogen and oxygen atoms in total. The molecule has 0 N–H and O–H groups in total. The largest absolute Gasteiger partial charge is 0.456 e. The predicted molar refractivity (Wildman–Crippen MR) is 74.8 cm³/mol. The summed E-state index contributed by atoms with van der Waals surface area (Å²) in [6.07, 6.45) is 1.40. The zero-order valence-electron chi connectivity index (χ0n) is 12.2. The number of aliphatic imine (C=N–C) groups is 1. The first-order valence-electron chi connectivity index (χ1n) is 6.24. The number of carbonyl (C=O) groups is 1. The van der Waals surface area contributed by atoms with E-state index >= 15 is 0 Å². The summed E-state index contributed by atoms with van der Waals surface area (Å²) in [7, 11) is 0. The summed E-state index contributed by atoms with van der Waals surface area (Å²) in [6.45, 7) is 6.61. The highest BCUT2D eigenvalue weighted by Crippen LogP contribution is 2.27. The van der Waals surface area contributed by atoms with Crippen molar-refractivity contribution in [3.8, 4) is 0 Å². The van der Waals surface area contributed by atoms with Gasteiger partial charge in [0.05, 0.1) is 11.0 Å². The maximum Gasteiger partial charge on any atom is 0.345 e. The summed E-state index contributed by atoms with van der Waals surface area (Å²) in [5.41, 5.74) is -0.827. The van der Waals surface area contributed by atoms with Gasteiger partial charge in [-0.1, -0.05) is 6.07 Å². The van der Waals surface area contributed by atoms with E-state index in [0.29, 0.717) is 5.56 Å². The summed E-state index contributed by atoms with van der Waals surface area (Å²) in [5, 5.41) is 11.1. The Balaban J connectivity index is 3.25. The van der Waals surface area contributed by atoms with Crippen LogP contribution in [0, 0.1) is 10.1 Å². The van der Waals surface area contributed by atoms with Gasteiger partial charge in [-0.2, -0.15) is 4.99 Å². The molecule has 0 heterocycles. The monoisotopic (exact) mass is 292 g/mol. The summed E-state index contributed by atoms with van der Waals surface area (Å²) in [6, 6.07) is 3.44. The third-order valence-corrected chi connectivity index (χ3v) is 2.57. The van der Waals surface area contributed by atoms with Crippen molar-refractivity contribution in [2.75, 3.05) is 0 Å². The van der Waals surface area contributed by atoms with Crippen LogP contribution in [0.4, 0.5) is 5.69 Å². The van der Waals surface area contributed by atoms with Gasteiger partial charge < -0.3 is 4.74 Å². The topological polar surface area (TPSA) is 98.9 Å². The molecule has 1 aromatic carbocycles. The number of hydrogen-bond acceptors (Lipinski definition) is 6. The maximum absolute atomic E-state index is 12.0. The van der Waals surface area contributed by atoms with Gasteiger partial charge in [0, 0.05) is 6.07 Å². The first-order chi connectivity index (χ1) is 9.65. The second-order valence-electron chi connectivity index (χ2n) is 5.43. The number of esters is 1. The fourth-order valence-corrected chi connectivity index (χ4v) is 1.62. The molecule has 1 aromatic rings. The van der Waals surface area contributed by atoms with Crippen molar-refractivity contribution in [3.05, 3.63) is 39.4 Å². The number of benzene rings is 1. The van der Waals surface area contributed by atoms with E-state index in [2.05, 4.69) is 4.99 Å². The third kappa shape index (κ3) is 4.50. The Labute approximate surface area is 121 Å². The van der Waals surface area contributed by atoms with Gasteiger partial charge in [-0.25, -0.2) is 9.59 Å². The summed E-state index contributed by atoms with van der Waals surface area (Å²) >= 11 is 0. The maximum atomic E-state index is 12.0. The highest BCUT2D eigenvalue weighted by atomic mass is 16.6. The van der Waals surface area contributed by atoms with Crippen LogP contribution in [0.2, 0.25) is 0 Å². The molecule has 7 heteroatoms. The number of rotatable bonds is 4. The highest BCUT2D eigenvalue weighted by molar-refractivity contribution is 5.94. The second-order valence-corrected chi connectivity index (χ2v) is 5.43. The van der Waals surface area contributed by atoms with Crippen molar-refractivity contribution in [2.24, 2.45) is 4.99 Å². The molecule has 1 atom stereocenters. The molecule has 0 unspecified atom stereocenters. The van der Waals surface area contributed by atoms with Crippen LogP contribution in [0.5, 0.6) is 0 Å². The molecule has 0 saturated heterocycles. The fourth-order valence-electron chi connectivity index (χ4n) is 1.62. The molecule has 0 spiro atoms. The fraction of sp³-hybridized carbons (Fsp3) is 0.429. The summed E-state index contributed by atoms with van der Waals surface area (Å²) in [5.74, 6) is -0.771. The lowest BCUT2D eigenvalue weighted by molar-refractivity contribution is -0.385. The van der Waals surface area contributed by atoms with E-state index in [9.17, 15) is 19.7 Å². The molecule has 21 heavy (non-hydrogen) atoms. The molecule has 0 aliphatic rings. The van der Waals surface area contributed by atoms with Crippen molar-refractivity contribution < 1.29 is 19.2 Å². The molecule has 112 valence electrons. The zero-order valence-corrected chi connectivity index (χ0v) is 12.2. The van der Waals surface area contributed by atoms with Crippen molar-refractivity contribution in [1.29, 1.82) is 0 Å². The van der Waals surface area contributed by atoms with Crippen LogP contribution in [0.25, 0.3) is 0 Å². The lowest BCUT2D eigenvalue weighted by Crippen LogP contribution is -2.24. The number of nitrogens with zero attached hydrogens (tertiary/aromatic N) is 2. The lowest BCUT2D eigenvalue weighted by atomic mass is 10.0. The minimum atomic E-state index is -0.771. The molecule has 0 aliphatic carbocycles. The molecule has 1 rings (SSSR count). The highest BCUT2D eigenvalue weighted by Gasteiger charge is 2.26. The number of nitro benzene ring substituents is 1. The van der Waals surface area contributed by atoms with Gasteiger partial charge in [0.2, 0.25) is 6.08 Å². The van der Waals surface area contributed by atoms with Crippen LogP contribution in [-0.4, -0.2) is 22.6 Å². The van der Waals surface area contributed by atoms with Crippen LogP contribution in [0.1, 0.15) is 49.7 Å². The normalized spacial score (nSPS) is 12.2. The van der Waals surface area contributed by atoms with Gasteiger partial charge in [0.15, 0.2) is 0 Å². The minimum Gasteiger partial charge on any atom is -0.456 e. The van der Waals surface area contributed by atoms with E-state index < -0.39 is 22.5 Å². The van der Waals surface area contributed by atoms with Crippen LogP contribution in [0.15, 0.2) is 23.2 Å². The molecule has 0 radical (unpaired) electrons. The van der Waals surface area contributed by atoms with Crippen molar-refractivity contribution in [2.45, 2.75) is 39.3 Å². The van der Waals surface area contributed by atoms with E-state index in [-0.39, 0.29) is 11.3 Å². The quantitative estimate of drug-likeness (QED) is 0.279. The smallest absolute Gasteiger partial charge is 0.345 e. The van der Waals surface area contributed by atoms with Gasteiger partial charge in [-0.05, 0) is 39.3 Å². The van der Waals surface area contributed by atoms with Gasteiger partial charge in [-0.15, -0.1) is 0 Å². The third-order valence-electron chi connectivity index (χ3n) is 2.57. The van der Waals surface area contributed by atoms with E-state index in [1.807, 2.05) is 0 Å². The van der Waals surface area contributed by atoms with Gasteiger partial charge in [-0.3, -0.25) is 10.1 Å². The van der Waals surface area contributed by atoms with Crippen molar-refractivity contribution >= 4 is 17.7 Å². The molecule has 0 amide bonds. The number of ether oxygens (including phenoxy) is 1. The Morgan fingerprint density at radius 1 is 1.43 bits per heavy atom. The molecule has 0 aromatic heterocycles.